The Bertz CT molecular complexity index is 729. The topological polar surface area (TPSA) is 86.6 Å². The molecular formula is C14H17N7. The lowest BCUT2D eigenvalue weighted by atomic mass is 10.1. The molecule has 3 aromatic rings. The first-order chi connectivity index (χ1) is 10.2. The average Bonchev–Trinajstić information content (AvgIpc) is 3.09. The first-order valence-corrected chi connectivity index (χ1v) is 6.63. The molecule has 0 radical (unpaired) electrons. The number of benzene rings is 1. The van der Waals surface area contributed by atoms with Gasteiger partial charge in [0.1, 0.15) is 0 Å². The molecule has 0 aliphatic rings. The number of hydrogen-bond acceptors (Lipinski definition) is 5. The fourth-order valence-corrected chi connectivity index (χ4v) is 2.45. The largest absolute Gasteiger partial charge is 0.275 e. The van der Waals surface area contributed by atoms with Crippen LogP contribution in [0, 0.1) is 6.92 Å². The van der Waals surface area contributed by atoms with Gasteiger partial charge in [0.25, 0.3) is 0 Å². The molecule has 0 saturated heterocycles. The second-order valence-electron chi connectivity index (χ2n) is 4.85. The highest BCUT2D eigenvalue weighted by Crippen LogP contribution is 2.24. The van der Waals surface area contributed by atoms with Crippen molar-refractivity contribution < 1.29 is 0 Å². The van der Waals surface area contributed by atoms with Crippen LogP contribution in [0.2, 0.25) is 0 Å². The number of aromatic nitrogens is 5. The van der Waals surface area contributed by atoms with Gasteiger partial charge in [-0.15, -0.1) is 5.10 Å². The van der Waals surface area contributed by atoms with Gasteiger partial charge in [0.2, 0.25) is 0 Å². The fourth-order valence-electron chi connectivity index (χ4n) is 2.45. The number of aryl methyl sites for hydroxylation is 2. The van der Waals surface area contributed by atoms with E-state index in [-0.39, 0.29) is 6.04 Å². The molecule has 21 heavy (non-hydrogen) atoms. The van der Waals surface area contributed by atoms with E-state index in [2.05, 4.69) is 20.8 Å². The second kappa shape index (κ2) is 5.47. The van der Waals surface area contributed by atoms with E-state index < -0.39 is 0 Å². The number of nitrogens with one attached hydrogen (secondary N) is 1. The monoisotopic (exact) mass is 283 g/mol. The lowest BCUT2D eigenvalue weighted by Gasteiger charge is -2.16. The standard InChI is InChI=1S/C14H17N7/c1-10-12(9-20(2)18-10)14(17-15)13-8-16-19-21(13)11-6-4-3-5-7-11/h3-9,14,17H,15H2,1-2H3. The van der Waals surface area contributed by atoms with Crippen LogP contribution in [-0.4, -0.2) is 24.8 Å². The van der Waals surface area contributed by atoms with Gasteiger partial charge in [-0.1, -0.05) is 23.4 Å². The Morgan fingerprint density at radius 1 is 1.24 bits per heavy atom. The van der Waals surface area contributed by atoms with Crippen molar-refractivity contribution in [1.82, 2.24) is 30.2 Å². The van der Waals surface area contributed by atoms with Crippen LogP contribution in [0.3, 0.4) is 0 Å². The summed E-state index contributed by atoms with van der Waals surface area (Å²) < 4.78 is 3.54. The van der Waals surface area contributed by atoms with Gasteiger partial charge in [-0.2, -0.15) is 5.10 Å². The van der Waals surface area contributed by atoms with E-state index in [1.54, 1.807) is 15.6 Å². The first kappa shape index (κ1) is 13.5. The third-order valence-electron chi connectivity index (χ3n) is 3.40. The van der Waals surface area contributed by atoms with Crippen LogP contribution >= 0.6 is 0 Å². The molecule has 0 bridgehead atoms. The summed E-state index contributed by atoms with van der Waals surface area (Å²) in [7, 11) is 1.89. The van der Waals surface area contributed by atoms with Crippen molar-refractivity contribution in [2.45, 2.75) is 13.0 Å². The van der Waals surface area contributed by atoms with E-state index in [0.717, 1.165) is 22.6 Å². The lowest BCUT2D eigenvalue weighted by molar-refractivity contribution is 0.592. The molecule has 3 rings (SSSR count). The van der Waals surface area contributed by atoms with Gasteiger partial charge in [-0.05, 0) is 19.1 Å². The maximum absolute atomic E-state index is 5.77. The number of nitrogens with two attached hydrogens (primary N) is 1. The summed E-state index contributed by atoms with van der Waals surface area (Å²) in [6.07, 6.45) is 3.66. The fraction of sp³-hybridized carbons (Fsp3) is 0.214. The molecule has 2 aromatic heterocycles. The molecule has 108 valence electrons. The van der Waals surface area contributed by atoms with Crippen LogP contribution in [-0.2, 0) is 7.05 Å². The molecule has 1 unspecified atom stereocenters. The van der Waals surface area contributed by atoms with Crippen molar-refractivity contribution >= 4 is 0 Å². The summed E-state index contributed by atoms with van der Waals surface area (Å²) in [5, 5.41) is 12.5. The summed E-state index contributed by atoms with van der Waals surface area (Å²) in [6, 6.07) is 9.60. The van der Waals surface area contributed by atoms with Crippen LogP contribution in [0.4, 0.5) is 0 Å². The van der Waals surface area contributed by atoms with Gasteiger partial charge in [0.05, 0.1) is 29.3 Å². The zero-order valence-corrected chi connectivity index (χ0v) is 11.9. The summed E-state index contributed by atoms with van der Waals surface area (Å²) in [5.74, 6) is 5.77. The average molecular weight is 283 g/mol. The number of hydrogen-bond donors (Lipinski definition) is 2. The molecule has 1 atom stereocenters. The van der Waals surface area contributed by atoms with Crippen LogP contribution in [0.15, 0.2) is 42.7 Å². The van der Waals surface area contributed by atoms with Crippen molar-refractivity contribution in [1.29, 1.82) is 0 Å². The van der Waals surface area contributed by atoms with E-state index in [4.69, 9.17) is 5.84 Å². The molecule has 3 N–H and O–H groups in total. The number of hydrazine groups is 1. The van der Waals surface area contributed by atoms with Crippen LogP contribution in [0.5, 0.6) is 0 Å². The number of rotatable bonds is 4. The maximum atomic E-state index is 5.77. The Balaban J connectivity index is 2.07. The SMILES string of the molecule is Cc1nn(C)cc1C(NN)c1cnnn1-c1ccccc1. The van der Waals surface area contributed by atoms with Crippen LogP contribution < -0.4 is 11.3 Å². The zero-order valence-electron chi connectivity index (χ0n) is 11.9. The Hall–Kier alpha value is -2.51. The third-order valence-corrected chi connectivity index (χ3v) is 3.40. The third kappa shape index (κ3) is 2.44. The minimum absolute atomic E-state index is 0.228. The van der Waals surface area contributed by atoms with Gasteiger partial charge in [-0.3, -0.25) is 10.5 Å². The van der Waals surface area contributed by atoms with E-state index in [0.29, 0.717) is 0 Å². The summed E-state index contributed by atoms with van der Waals surface area (Å²) in [6.45, 7) is 1.95. The molecule has 0 aliphatic heterocycles. The molecule has 7 heteroatoms. The Morgan fingerprint density at radius 2 is 2.00 bits per heavy atom. The molecule has 7 nitrogen and oxygen atoms in total. The highest BCUT2D eigenvalue weighted by atomic mass is 15.4. The highest BCUT2D eigenvalue weighted by molar-refractivity contribution is 5.35. The molecule has 0 spiro atoms. The number of nitrogens with zero attached hydrogens (tertiary/aromatic N) is 5. The summed E-state index contributed by atoms with van der Waals surface area (Å²) in [5.41, 5.74) is 6.55. The Kier molecular flexibility index (Phi) is 3.51. The first-order valence-electron chi connectivity index (χ1n) is 6.63. The maximum Gasteiger partial charge on any atom is 0.0932 e. The highest BCUT2D eigenvalue weighted by Gasteiger charge is 2.22. The smallest absolute Gasteiger partial charge is 0.0932 e. The van der Waals surface area contributed by atoms with Gasteiger partial charge >= 0.3 is 0 Å². The zero-order chi connectivity index (χ0) is 14.8. The van der Waals surface area contributed by atoms with Crippen molar-refractivity contribution in [3.63, 3.8) is 0 Å². The molecule has 0 aliphatic carbocycles. The van der Waals surface area contributed by atoms with Crippen molar-refractivity contribution in [2.24, 2.45) is 12.9 Å². The lowest BCUT2D eigenvalue weighted by Crippen LogP contribution is -2.30. The predicted molar refractivity (Wildman–Crippen MR) is 78.5 cm³/mol. The van der Waals surface area contributed by atoms with Gasteiger partial charge in [0.15, 0.2) is 0 Å². The Labute approximate surface area is 122 Å². The molecular weight excluding hydrogens is 266 g/mol. The molecule has 0 saturated carbocycles. The van der Waals surface area contributed by atoms with Crippen molar-refractivity contribution in [2.75, 3.05) is 0 Å². The summed E-state index contributed by atoms with van der Waals surface area (Å²) in [4.78, 5) is 0. The molecule has 0 amide bonds. The van der Waals surface area contributed by atoms with E-state index >= 15 is 0 Å². The van der Waals surface area contributed by atoms with E-state index in [1.807, 2.05) is 50.5 Å². The number of para-hydroxylation sites is 1. The van der Waals surface area contributed by atoms with Gasteiger partial charge in [-0.25, -0.2) is 10.1 Å². The van der Waals surface area contributed by atoms with Crippen molar-refractivity contribution in [3.8, 4) is 5.69 Å². The Morgan fingerprint density at radius 3 is 2.62 bits per heavy atom. The predicted octanol–water partition coefficient (Wildman–Crippen LogP) is 0.862. The van der Waals surface area contributed by atoms with E-state index in [1.165, 1.54) is 0 Å². The van der Waals surface area contributed by atoms with Crippen molar-refractivity contribution in [3.05, 3.63) is 59.7 Å². The molecule has 0 fully saturated rings. The minimum atomic E-state index is -0.228. The molecule has 2 heterocycles. The van der Waals surface area contributed by atoms with Gasteiger partial charge < -0.3 is 0 Å². The normalized spacial score (nSPS) is 12.5. The molecule has 1 aromatic carbocycles. The van der Waals surface area contributed by atoms with Gasteiger partial charge in [0, 0.05) is 18.8 Å². The van der Waals surface area contributed by atoms with E-state index in [9.17, 15) is 0 Å². The summed E-state index contributed by atoms with van der Waals surface area (Å²) >= 11 is 0. The van der Waals surface area contributed by atoms with Crippen LogP contribution in [0.25, 0.3) is 5.69 Å². The minimum Gasteiger partial charge on any atom is -0.275 e. The quantitative estimate of drug-likeness (QED) is 0.548. The van der Waals surface area contributed by atoms with Crippen LogP contribution in [0.1, 0.15) is 23.0 Å². The second-order valence-corrected chi connectivity index (χ2v) is 4.85.